The lowest BCUT2D eigenvalue weighted by Crippen LogP contribution is -2.59. The highest BCUT2D eigenvalue weighted by molar-refractivity contribution is 6.07. The lowest BCUT2D eigenvalue weighted by atomic mass is 9.94. The summed E-state index contributed by atoms with van der Waals surface area (Å²) in [6.07, 6.45) is 2.83. The zero-order valence-corrected chi connectivity index (χ0v) is 28.5. The SMILES string of the molecule is CC1CN(C2COC2)CCN1c1ccc(Nc2cc(-c3cc(F)cc(N4CCn5c(cc6c5CC(F)(F)CC6)C4=O)c3CO)cn(C)c2=O)nc1. The van der Waals surface area contributed by atoms with E-state index in [0.29, 0.717) is 40.3 Å². The van der Waals surface area contributed by atoms with Crippen molar-refractivity contribution >= 4 is 28.8 Å². The second kappa shape index (κ2) is 12.8. The van der Waals surface area contributed by atoms with Crippen LogP contribution < -0.4 is 20.7 Å². The van der Waals surface area contributed by atoms with Crippen molar-refractivity contribution in [3.05, 3.63) is 87.5 Å². The number of rotatable bonds is 7. The number of hydrogen-bond donors (Lipinski definition) is 2. The van der Waals surface area contributed by atoms with Gasteiger partial charge in [0.1, 0.15) is 23.0 Å². The number of halogens is 3. The smallest absolute Gasteiger partial charge is 0.274 e. The Morgan fingerprint density at radius 3 is 2.61 bits per heavy atom. The molecule has 0 radical (unpaired) electrons. The van der Waals surface area contributed by atoms with Gasteiger partial charge >= 0.3 is 0 Å². The Bertz CT molecular complexity index is 2060. The van der Waals surface area contributed by atoms with E-state index in [1.54, 1.807) is 36.1 Å². The molecule has 1 unspecified atom stereocenters. The molecule has 2 N–H and O–H groups in total. The van der Waals surface area contributed by atoms with Crippen molar-refractivity contribution in [2.45, 2.75) is 57.3 Å². The van der Waals surface area contributed by atoms with Gasteiger partial charge in [-0.3, -0.25) is 14.5 Å². The first-order valence-corrected chi connectivity index (χ1v) is 17.4. The molecule has 0 bridgehead atoms. The summed E-state index contributed by atoms with van der Waals surface area (Å²) in [5, 5.41) is 13.8. The fourth-order valence-electron chi connectivity index (χ4n) is 7.96. The molecule has 4 aliphatic rings. The summed E-state index contributed by atoms with van der Waals surface area (Å²) < 4.78 is 52.3. The number of carbonyl (C=O) groups is 1. The van der Waals surface area contributed by atoms with E-state index in [2.05, 4.69) is 27.0 Å². The van der Waals surface area contributed by atoms with E-state index in [-0.39, 0.29) is 48.6 Å². The number of nitrogens with zero attached hydrogens (tertiary/aromatic N) is 6. The van der Waals surface area contributed by atoms with E-state index in [4.69, 9.17) is 4.74 Å². The maximum Gasteiger partial charge on any atom is 0.274 e. The number of aliphatic hydroxyl groups excluding tert-OH is 1. The molecule has 3 aromatic heterocycles. The molecule has 1 atom stereocenters. The summed E-state index contributed by atoms with van der Waals surface area (Å²) in [5.74, 6) is -3.46. The Labute approximate surface area is 292 Å². The van der Waals surface area contributed by atoms with Crippen molar-refractivity contribution in [3.63, 3.8) is 0 Å². The topological polar surface area (TPSA) is 108 Å². The van der Waals surface area contributed by atoms with Gasteiger partial charge in [0.05, 0.1) is 49.9 Å². The van der Waals surface area contributed by atoms with Crippen molar-refractivity contribution in [3.8, 4) is 11.1 Å². The molecule has 1 aliphatic carbocycles. The fraction of sp³-hybridized carbons (Fsp3) is 0.432. The number of aromatic nitrogens is 3. The third kappa shape index (κ3) is 6.08. The first-order chi connectivity index (χ1) is 24.5. The molecule has 3 aliphatic heterocycles. The van der Waals surface area contributed by atoms with Crippen LogP contribution in [0.25, 0.3) is 11.1 Å². The van der Waals surface area contributed by atoms with E-state index in [9.17, 15) is 23.5 Å². The van der Waals surface area contributed by atoms with Gasteiger partial charge in [0.25, 0.3) is 17.4 Å². The average molecular weight is 704 g/mol. The normalized spacial score (nSPS) is 20.6. The number of amides is 1. The Morgan fingerprint density at radius 2 is 1.90 bits per heavy atom. The molecule has 0 saturated carbocycles. The molecular formula is C37H40F3N7O4. The fourth-order valence-corrected chi connectivity index (χ4v) is 7.96. The largest absolute Gasteiger partial charge is 0.392 e. The van der Waals surface area contributed by atoms with E-state index in [0.717, 1.165) is 44.1 Å². The molecular weight excluding hydrogens is 663 g/mol. The van der Waals surface area contributed by atoms with Crippen LogP contribution in [-0.2, 0) is 37.8 Å². The number of ether oxygens (including phenoxy) is 1. The van der Waals surface area contributed by atoms with Crippen LogP contribution in [0.15, 0.2) is 53.6 Å². The monoisotopic (exact) mass is 703 g/mol. The minimum Gasteiger partial charge on any atom is -0.392 e. The zero-order valence-electron chi connectivity index (χ0n) is 28.5. The van der Waals surface area contributed by atoms with Crippen LogP contribution in [0.2, 0.25) is 0 Å². The molecule has 268 valence electrons. The minimum atomic E-state index is -2.83. The predicted octanol–water partition coefficient (Wildman–Crippen LogP) is 4.32. The molecule has 51 heavy (non-hydrogen) atoms. The Kier molecular flexibility index (Phi) is 8.43. The van der Waals surface area contributed by atoms with Gasteiger partial charge in [0.15, 0.2) is 0 Å². The van der Waals surface area contributed by atoms with Crippen LogP contribution in [0.4, 0.5) is 36.1 Å². The highest BCUT2D eigenvalue weighted by Gasteiger charge is 2.40. The zero-order chi connectivity index (χ0) is 35.6. The molecule has 1 amide bonds. The molecule has 2 fully saturated rings. The molecule has 11 nitrogen and oxygen atoms in total. The Balaban J connectivity index is 1.06. The summed E-state index contributed by atoms with van der Waals surface area (Å²) in [6, 6.07) is 10.3. The number of nitrogens with one attached hydrogen (secondary N) is 1. The molecule has 8 rings (SSSR count). The van der Waals surface area contributed by atoms with Gasteiger partial charge < -0.3 is 34.1 Å². The first-order valence-electron chi connectivity index (χ1n) is 17.4. The highest BCUT2D eigenvalue weighted by Crippen LogP contribution is 2.39. The number of pyridine rings is 2. The number of alkyl halides is 2. The van der Waals surface area contributed by atoms with E-state index in [1.807, 2.05) is 12.1 Å². The van der Waals surface area contributed by atoms with Crippen LogP contribution >= 0.6 is 0 Å². The molecule has 2 saturated heterocycles. The van der Waals surface area contributed by atoms with Gasteiger partial charge in [-0.1, -0.05) is 0 Å². The quantitative estimate of drug-likeness (QED) is 0.293. The summed E-state index contributed by atoms with van der Waals surface area (Å²) in [4.78, 5) is 37.9. The van der Waals surface area contributed by atoms with Crippen molar-refractivity contribution in [1.82, 2.24) is 19.0 Å². The van der Waals surface area contributed by atoms with E-state index < -0.39 is 30.7 Å². The van der Waals surface area contributed by atoms with Crippen LogP contribution in [0, 0.1) is 5.82 Å². The summed E-state index contributed by atoms with van der Waals surface area (Å²) in [7, 11) is 1.58. The third-order valence-corrected chi connectivity index (χ3v) is 10.8. The van der Waals surface area contributed by atoms with Crippen LogP contribution in [-0.4, -0.2) is 87.4 Å². The van der Waals surface area contributed by atoms with Crippen molar-refractivity contribution in [2.75, 3.05) is 54.5 Å². The van der Waals surface area contributed by atoms with Gasteiger partial charge in [-0.15, -0.1) is 0 Å². The van der Waals surface area contributed by atoms with Crippen molar-refractivity contribution in [1.29, 1.82) is 0 Å². The number of fused-ring (bicyclic) bond motifs is 3. The van der Waals surface area contributed by atoms with Gasteiger partial charge in [-0.05, 0) is 60.9 Å². The second-order valence-corrected chi connectivity index (χ2v) is 14.1. The Morgan fingerprint density at radius 1 is 1.08 bits per heavy atom. The molecule has 6 heterocycles. The van der Waals surface area contributed by atoms with Crippen LogP contribution in [0.5, 0.6) is 0 Å². The van der Waals surface area contributed by atoms with Gasteiger partial charge in [-0.2, -0.15) is 0 Å². The van der Waals surface area contributed by atoms with Gasteiger partial charge in [0, 0.05) is 75.3 Å². The summed E-state index contributed by atoms with van der Waals surface area (Å²) in [6.45, 7) is 6.38. The number of aryl methyl sites for hydroxylation is 2. The minimum absolute atomic E-state index is 0.111. The lowest BCUT2D eigenvalue weighted by Gasteiger charge is -2.46. The van der Waals surface area contributed by atoms with E-state index in [1.165, 1.54) is 21.6 Å². The highest BCUT2D eigenvalue weighted by atomic mass is 19.3. The van der Waals surface area contributed by atoms with Crippen LogP contribution in [0.3, 0.4) is 0 Å². The summed E-state index contributed by atoms with van der Waals surface area (Å²) in [5.41, 5.74) is 3.55. The second-order valence-electron chi connectivity index (χ2n) is 14.1. The maximum atomic E-state index is 15.4. The number of aliphatic hydroxyl groups is 1. The number of anilines is 4. The molecule has 4 aromatic rings. The average Bonchev–Trinajstić information content (AvgIpc) is 3.44. The first kappa shape index (κ1) is 33.5. The maximum absolute atomic E-state index is 15.4. The molecule has 1 aromatic carbocycles. The standard InChI is InChI=1S/C37H40F3N7O4/c1-22-17-44(27-20-51-21-27)7-8-45(22)26-3-4-34(41-16-26)42-30-11-24(18-43(2)35(30)49)28-13-25(38)14-31(29(28)19-48)47-10-9-46-32(36(47)50)12-23-5-6-37(39,40)15-33(23)46/h3-4,11-14,16,18,22,27,48H,5-10,15,17,19-21H2,1-2H3,(H,41,42). The van der Waals surface area contributed by atoms with Crippen molar-refractivity contribution < 1.29 is 27.8 Å². The predicted molar refractivity (Wildman–Crippen MR) is 187 cm³/mol. The number of hydrogen-bond acceptors (Lipinski definition) is 8. The third-order valence-electron chi connectivity index (χ3n) is 10.8. The van der Waals surface area contributed by atoms with Crippen molar-refractivity contribution in [2.24, 2.45) is 7.05 Å². The number of benzene rings is 1. The number of carbonyl (C=O) groups excluding carboxylic acids is 1. The van der Waals surface area contributed by atoms with Gasteiger partial charge in [-0.25, -0.2) is 18.2 Å². The van der Waals surface area contributed by atoms with Gasteiger partial charge in [0.2, 0.25) is 0 Å². The van der Waals surface area contributed by atoms with E-state index >= 15 is 4.39 Å². The molecule has 0 spiro atoms. The summed E-state index contributed by atoms with van der Waals surface area (Å²) >= 11 is 0. The number of piperazine rings is 1. The van der Waals surface area contributed by atoms with Crippen LogP contribution in [0.1, 0.15) is 40.7 Å². The molecule has 14 heteroatoms. The lowest BCUT2D eigenvalue weighted by molar-refractivity contribution is -0.0691. The Hall–Kier alpha value is -4.66.